The molecule has 2 nitrogen and oxygen atoms in total. The van der Waals surface area contributed by atoms with Gasteiger partial charge in [-0.15, -0.1) is 0 Å². The third-order valence-electron chi connectivity index (χ3n) is 3.78. The van der Waals surface area contributed by atoms with Crippen molar-refractivity contribution in [3.8, 4) is 0 Å². The number of benzene rings is 2. The largest absolute Gasteiger partial charge is 0.388 e. The summed E-state index contributed by atoms with van der Waals surface area (Å²) in [5.41, 5.74) is 13.7. The molecule has 100 valence electrons. The van der Waals surface area contributed by atoms with Crippen molar-refractivity contribution in [3.63, 3.8) is 0 Å². The van der Waals surface area contributed by atoms with Crippen LogP contribution in [0.5, 0.6) is 0 Å². The molecule has 1 unspecified atom stereocenters. The van der Waals surface area contributed by atoms with Crippen LogP contribution in [0.3, 0.4) is 0 Å². The Morgan fingerprint density at radius 2 is 1.47 bits per heavy atom. The summed E-state index contributed by atoms with van der Waals surface area (Å²) < 4.78 is 0. The van der Waals surface area contributed by atoms with Gasteiger partial charge in [0.1, 0.15) is 0 Å². The number of hydrogen-bond donors (Lipinski definition) is 2. The quantitative estimate of drug-likeness (QED) is 0.876. The number of aryl methyl sites for hydroxylation is 3. The van der Waals surface area contributed by atoms with Gasteiger partial charge in [-0.3, -0.25) is 0 Å². The minimum absolute atomic E-state index is 0.0646. The average Bonchev–Trinajstić information content (AvgIpc) is 2.42. The first-order valence-electron chi connectivity index (χ1n) is 6.64. The average molecular weight is 254 g/mol. The van der Waals surface area contributed by atoms with Crippen molar-refractivity contribution in [2.75, 3.05) is 12.4 Å². The van der Waals surface area contributed by atoms with E-state index < -0.39 is 0 Å². The standard InChI is InChI=1S/C17H22N2/c1-11-9-13(3)16(10-12(11)2)17(18)14-5-7-15(19-4)8-6-14/h5-10,17,19H,18H2,1-4H3. The van der Waals surface area contributed by atoms with Crippen molar-refractivity contribution in [2.45, 2.75) is 26.8 Å². The first-order valence-corrected chi connectivity index (χ1v) is 6.64. The third-order valence-corrected chi connectivity index (χ3v) is 3.78. The van der Waals surface area contributed by atoms with Gasteiger partial charge in [-0.2, -0.15) is 0 Å². The molecule has 0 bridgehead atoms. The Bertz CT molecular complexity index is 571. The molecule has 0 radical (unpaired) electrons. The first-order chi connectivity index (χ1) is 9.02. The Labute approximate surface area is 115 Å². The van der Waals surface area contributed by atoms with Gasteiger partial charge in [-0.1, -0.05) is 24.3 Å². The Morgan fingerprint density at radius 3 is 2.05 bits per heavy atom. The second kappa shape index (κ2) is 5.45. The molecule has 1 atom stereocenters. The highest BCUT2D eigenvalue weighted by molar-refractivity contribution is 5.47. The van der Waals surface area contributed by atoms with Crippen molar-refractivity contribution in [1.82, 2.24) is 0 Å². The Balaban J connectivity index is 2.37. The molecular weight excluding hydrogens is 232 g/mol. The molecular formula is C17H22N2. The molecule has 0 aromatic heterocycles. The van der Waals surface area contributed by atoms with Gasteiger partial charge in [0, 0.05) is 12.7 Å². The van der Waals surface area contributed by atoms with Crippen LogP contribution in [-0.2, 0) is 0 Å². The first kappa shape index (κ1) is 13.6. The molecule has 2 aromatic carbocycles. The van der Waals surface area contributed by atoms with E-state index >= 15 is 0 Å². The van der Waals surface area contributed by atoms with Gasteiger partial charge in [0.15, 0.2) is 0 Å². The lowest BCUT2D eigenvalue weighted by Crippen LogP contribution is -2.13. The molecule has 2 heteroatoms. The fraction of sp³-hybridized carbons (Fsp3) is 0.294. The van der Waals surface area contributed by atoms with Gasteiger partial charge in [-0.05, 0) is 60.7 Å². The van der Waals surface area contributed by atoms with Gasteiger partial charge >= 0.3 is 0 Å². The van der Waals surface area contributed by atoms with Crippen molar-refractivity contribution < 1.29 is 0 Å². The van der Waals surface area contributed by atoms with E-state index in [1.165, 1.54) is 22.3 Å². The van der Waals surface area contributed by atoms with E-state index in [1.54, 1.807) is 0 Å². The van der Waals surface area contributed by atoms with Crippen molar-refractivity contribution in [2.24, 2.45) is 5.73 Å². The van der Waals surface area contributed by atoms with E-state index in [1.807, 2.05) is 7.05 Å². The minimum Gasteiger partial charge on any atom is -0.388 e. The molecule has 0 fully saturated rings. The Morgan fingerprint density at radius 1 is 0.895 bits per heavy atom. The molecule has 2 rings (SSSR count). The van der Waals surface area contributed by atoms with Crippen molar-refractivity contribution in [3.05, 3.63) is 64.2 Å². The van der Waals surface area contributed by atoms with Gasteiger partial charge in [0.25, 0.3) is 0 Å². The predicted molar refractivity (Wildman–Crippen MR) is 82.7 cm³/mol. The number of rotatable bonds is 3. The molecule has 0 saturated carbocycles. The highest BCUT2D eigenvalue weighted by Crippen LogP contribution is 2.26. The van der Waals surface area contributed by atoms with Crippen LogP contribution >= 0.6 is 0 Å². The zero-order valence-corrected chi connectivity index (χ0v) is 12.1. The number of nitrogens with two attached hydrogens (primary N) is 1. The molecule has 0 aliphatic carbocycles. The van der Waals surface area contributed by atoms with Crippen LogP contribution in [0, 0.1) is 20.8 Å². The summed E-state index contributed by atoms with van der Waals surface area (Å²) in [6, 6.07) is 12.7. The van der Waals surface area contributed by atoms with Crippen LogP contribution < -0.4 is 11.1 Å². The van der Waals surface area contributed by atoms with Crippen LogP contribution in [-0.4, -0.2) is 7.05 Å². The van der Waals surface area contributed by atoms with Gasteiger partial charge in [0.05, 0.1) is 6.04 Å². The van der Waals surface area contributed by atoms with Crippen LogP contribution in [0.1, 0.15) is 33.9 Å². The molecule has 0 aliphatic heterocycles. The van der Waals surface area contributed by atoms with Crippen LogP contribution in [0.15, 0.2) is 36.4 Å². The summed E-state index contributed by atoms with van der Waals surface area (Å²) >= 11 is 0. The summed E-state index contributed by atoms with van der Waals surface area (Å²) in [6.45, 7) is 6.40. The van der Waals surface area contributed by atoms with Crippen LogP contribution in [0.2, 0.25) is 0 Å². The van der Waals surface area contributed by atoms with E-state index in [0.29, 0.717) is 0 Å². The van der Waals surface area contributed by atoms with E-state index in [4.69, 9.17) is 5.73 Å². The fourth-order valence-corrected chi connectivity index (χ4v) is 2.35. The molecule has 0 spiro atoms. The van der Waals surface area contributed by atoms with Crippen molar-refractivity contribution in [1.29, 1.82) is 0 Å². The topological polar surface area (TPSA) is 38.0 Å². The number of anilines is 1. The Hall–Kier alpha value is -1.80. The highest BCUT2D eigenvalue weighted by atomic mass is 14.8. The highest BCUT2D eigenvalue weighted by Gasteiger charge is 2.12. The Kier molecular flexibility index (Phi) is 3.91. The summed E-state index contributed by atoms with van der Waals surface area (Å²) in [4.78, 5) is 0. The second-order valence-electron chi connectivity index (χ2n) is 5.14. The van der Waals surface area contributed by atoms with Gasteiger partial charge < -0.3 is 11.1 Å². The van der Waals surface area contributed by atoms with Crippen molar-refractivity contribution >= 4 is 5.69 Å². The van der Waals surface area contributed by atoms with E-state index in [2.05, 4.69) is 62.5 Å². The normalized spacial score (nSPS) is 12.3. The monoisotopic (exact) mass is 254 g/mol. The molecule has 3 N–H and O–H groups in total. The fourth-order valence-electron chi connectivity index (χ4n) is 2.35. The third kappa shape index (κ3) is 2.79. The maximum absolute atomic E-state index is 6.41. The predicted octanol–water partition coefficient (Wildman–Crippen LogP) is 3.70. The smallest absolute Gasteiger partial charge is 0.0554 e. The van der Waals surface area contributed by atoms with E-state index in [0.717, 1.165) is 11.3 Å². The number of nitrogens with one attached hydrogen (secondary N) is 1. The summed E-state index contributed by atoms with van der Waals surface area (Å²) in [6.07, 6.45) is 0. The molecule has 0 aliphatic rings. The molecule has 19 heavy (non-hydrogen) atoms. The van der Waals surface area contributed by atoms with Gasteiger partial charge in [0.2, 0.25) is 0 Å². The van der Waals surface area contributed by atoms with E-state index in [9.17, 15) is 0 Å². The molecule has 2 aromatic rings. The van der Waals surface area contributed by atoms with Crippen LogP contribution in [0.25, 0.3) is 0 Å². The second-order valence-corrected chi connectivity index (χ2v) is 5.14. The minimum atomic E-state index is -0.0646. The maximum atomic E-state index is 6.41. The maximum Gasteiger partial charge on any atom is 0.0554 e. The molecule has 0 heterocycles. The summed E-state index contributed by atoms with van der Waals surface area (Å²) in [5.74, 6) is 0. The number of hydrogen-bond acceptors (Lipinski definition) is 2. The zero-order valence-electron chi connectivity index (χ0n) is 12.1. The SMILES string of the molecule is CNc1ccc(C(N)c2cc(C)c(C)cc2C)cc1. The lowest BCUT2D eigenvalue weighted by atomic mass is 9.92. The zero-order chi connectivity index (χ0) is 14.0. The lowest BCUT2D eigenvalue weighted by molar-refractivity contribution is 0.858. The summed E-state index contributed by atoms with van der Waals surface area (Å²) in [5, 5.41) is 3.12. The van der Waals surface area contributed by atoms with Crippen LogP contribution in [0.4, 0.5) is 5.69 Å². The molecule has 0 amide bonds. The van der Waals surface area contributed by atoms with E-state index in [-0.39, 0.29) is 6.04 Å². The van der Waals surface area contributed by atoms with Gasteiger partial charge in [-0.25, -0.2) is 0 Å². The summed E-state index contributed by atoms with van der Waals surface area (Å²) in [7, 11) is 1.92. The molecule has 0 saturated heterocycles. The lowest BCUT2D eigenvalue weighted by Gasteiger charge is -2.17.